The first kappa shape index (κ1) is 22.9. The number of carbonyl (C=O) groups is 1. The zero-order valence-corrected chi connectivity index (χ0v) is 19.2. The van der Waals surface area contributed by atoms with Crippen LogP contribution in [-0.4, -0.2) is 34.7 Å². The molecule has 7 nitrogen and oxygen atoms in total. The van der Waals surface area contributed by atoms with E-state index in [-0.39, 0.29) is 11.5 Å². The SMILES string of the molecule is CN(C)Cc1cccc(-c2ccc(=O)n(Cc3ccc(C(=O)Nc4ccccc4N)cc3)n2)c1. The van der Waals surface area contributed by atoms with Gasteiger partial charge in [-0.2, -0.15) is 5.10 Å². The molecule has 3 N–H and O–H groups in total. The highest BCUT2D eigenvalue weighted by Gasteiger charge is 2.09. The first-order chi connectivity index (χ1) is 16.4. The van der Waals surface area contributed by atoms with Gasteiger partial charge >= 0.3 is 0 Å². The number of nitrogens with zero attached hydrogens (tertiary/aromatic N) is 3. The lowest BCUT2D eigenvalue weighted by atomic mass is 10.1. The van der Waals surface area contributed by atoms with Gasteiger partial charge < -0.3 is 16.0 Å². The van der Waals surface area contributed by atoms with Crippen LogP contribution in [0.25, 0.3) is 11.3 Å². The number of rotatable bonds is 7. The predicted octanol–water partition coefficient (Wildman–Crippen LogP) is 3.85. The number of hydrogen-bond acceptors (Lipinski definition) is 5. The van der Waals surface area contributed by atoms with Crippen LogP contribution in [0.1, 0.15) is 21.5 Å². The molecule has 1 amide bonds. The molecule has 0 bridgehead atoms. The summed E-state index contributed by atoms with van der Waals surface area (Å²) in [5, 5.41) is 7.39. The molecule has 0 unspecified atom stereocenters. The minimum Gasteiger partial charge on any atom is -0.397 e. The average Bonchev–Trinajstić information content (AvgIpc) is 2.82. The maximum atomic E-state index is 12.5. The zero-order chi connectivity index (χ0) is 24.1. The lowest BCUT2D eigenvalue weighted by molar-refractivity contribution is 0.102. The Morgan fingerprint density at radius 2 is 1.71 bits per heavy atom. The van der Waals surface area contributed by atoms with Crippen molar-refractivity contribution in [2.45, 2.75) is 13.1 Å². The van der Waals surface area contributed by atoms with Crippen LogP contribution < -0.4 is 16.6 Å². The fourth-order valence-electron chi connectivity index (χ4n) is 3.65. The first-order valence-electron chi connectivity index (χ1n) is 11.0. The Balaban J connectivity index is 1.50. The number of benzene rings is 3. The highest BCUT2D eigenvalue weighted by molar-refractivity contribution is 6.05. The summed E-state index contributed by atoms with van der Waals surface area (Å²) in [6.07, 6.45) is 0. The second-order valence-electron chi connectivity index (χ2n) is 8.39. The van der Waals surface area contributed by atoms with Crippen molar-refractivity contribution < 1.29 is 4.79 Å². The van der Waals surface area contributed by atoms with E-state index in [0.717, 1.165) is 23.4 Å². The van der Waals surface area contributed by atoms with Gasteiger partial charge in [0.1, 0.15) is 0 Å². The van der Waals surface area contributed by atoms with Crippen LogP contribution in [0.15, 0.2) is 89.7 Å². The number of hydrogen-bond donors (Lipinski definition) is 2. The fraction of sp³-hybridized carbons (Fsp3) is 0.148. The van der Waals surface area contributed by atoms with E-state index in [9.17, 15) is 9.59 Å². The van der Waals surface area contributed by atoms with Gasteiger partial charge in [0, 0.05) is 23.7 Å². The number of anilines is 2. The van der Waals surface area contributed by atoms with E-state index < -0.39 is 0 Å². The van der Waals surface area contributed by atoms with E-state index in [1.807, 2.05) is 50.5 Å². The van der Waals surface area contributed by atoms with Gasteiger partial charge in [0.05, 0.1) is 23.6 Å². The van der Waals surface area contributed by atoms with Gasteiger partial charge in [0.25, 0.3) is 11.5 Å². The largest absolute Gasteiger partial charge is 0.397 e. The van der Waals surface area contributed by atoms with Crippen molar-refractivity contribution >= 4 is 17.3 Å². The van der Waals surface area contributed by atoms with Crippen molar-refractivity contribution in [3.05, 3.63) is 112 Å². The summed E-state index contributed by atoms with van der Waals surface area (Å²) in [6, 6.07) is 25.6. The number of para-hydroxylation sites is 2. The van der Waals surface area contributed by atoms with Gasteiger partial charge in [0.2, 0.25) is 0 Å². The van der Waals surface area contributed by atoms with Crippen LogP contribution >= 0.6 is 0 Å². The van der Waals surface area contributed by atoms with Crippen LogP contribution in [0.3, 0.4) is 0 Å². The summed E-state index contributed by atoms with van der Waals surface area (Å²) in [4.78, 5) is 27.1. The second-order valence-corrected chi connectivity index (χ2v) is 8.39. The number of nitrogens with two attached hydrogens (primary N) is 1. The standard InChI is InChI=1S/C27H27N5O2/c1-31(2)17-20-6-5-7-22(16-20)24-14-15-26(33)32(30-24)18-19-10-12-21(13-11-19)27(34)29-25-9-4-3-8-23(25)28/h3-16H,17-18,28H2,1-2H3,(H,29,34). The van der Waals surface area contributed by atoms with Gasteiger partial charge in [0.15, 0.2) is 0 Å². The van der Waals surface area contributed by atoms with Crippen LogP contribution in [0.5, 0.6) is 0 Å². The molecule has 7 heteroatoms. The van der Waals surface area contributed by atoms with Crippen molar-refractivity contribution in [3.63, 3.8) is 0 Å². The van der Waals surface area contributed by atoms with Crippen molar-refractivity contribution in [1.82, 2.24) is 14.7 Å². The average molecular weight is 454 g/mol. The van der Waals surface area contributed by atoms with Gasteiger partial charge in [-0.15, -0.1) is 0 Å². The van der Waals surface area contributed by atoms with Crippen LogP contribution in [0, 0.1) is 0 Å². The summed E-state index contributed by atoms with van der Waals surface area (Å²) in [5.41, 5.74) is 11.0. The topological polar surface area (TPSA) is 93.2 Å². The molecule has 4 rings (SSSR count). The number of carbonyl (C=O) groups excluding carboxylic acids is 1. The molecular weight excluding hydrogens is 426 g/mol. The monoisotopic (exact) mass is 453 g/mol. The van der Waals surface area contributed by atoms with Gasteiger partial charge in [-0.25, -0.2) is 4.68 Å². The third-order valence-electron chi connectivity index (χ3n) is 5.35. The Labute approximate surface area is 198 Å². The molecule has 0 radical (unpaired) electrons. The smallest absolute Gasteiger partial charge is 0.267 e. The summed E-state index contributed by atoms with van der Waals surface area (Å²) < 4.78 is 1.44. The van der Waals surface area contributed by atoms with E-state index in [2.05, 4.69) is 27.4 Å². The lowest BCUT2D eigenvalue weighted by Crippen LogP contribution is -2.23. The van der Waals surface area contributed by atoms with Gasteiger partial charge in [-0.05, 0) is 61.6 Å². The maximum absolute atomic E-state index is 12.5. The van der Waals surface area contributed by atoms with Crippen molar-refractivity contribution in [2.24, 2.45) is 0 Å². The molecule has 0 saturated carbocycles. The molecule has 0 aliphatic carbocycles. The summed E-state index contributed by atoms with van der Waals surface area (Å²) in [7, 11) is 4.05. The van der Waals surface area contributed by atoms with Gasteiger partial charge in [-0.1, -0.05) is 42.5 Å². The minimum absolute atomic E-state index is 0.186. The molecular formula is C27H27N5O2. The number of amides is 1. The molecule has 34 heavy (non-hydrogen) atoms. The molecule has 172 valence electrons. The van der Waals surface area contributed by atoms with Crippen molar-refractivity contribution in [3.8, 4) is 11.3 Å². The van der Waals surface area contributed by atoms with E-state index in [0.29, 0.717) is 23.5 Å². The Kier molecular flexibility index (Phi) is 6.85. The molecule has 4 aromatic rings. The van der Waals surface area contributed by atoms with Crippen LogP contribution in [-0.2, 0) is 13.1 Å². The Hall–Kier alpha value is -4.23. The lowest BCUT2D eigenvalue weighted by Gasteiger charge is -2.12. The Bertz CT molecular complexity index is 1360. The van der Waals surface area contributed by atoms with E-state index >= 15 is 0 Å². The number of aromatic nitrogens is 2. The summed E-state index contributed by atoms with van der Waals surface area (Å²) in [5.74, 6) is -0.251. The van der Waals surface area contributed by atoms with Crippen LogP contribution in [0.2, 0.25) is 0 Å². The molecule has 0 fully saturated rings. The quantitative estimate of drug-likeness (QED) is 0.415. The third kappa shape index (κ3) is 5.57. The highest BCUT2D eigenvalue weighted by Crippen LogP contribution is 2.19. The Morgan fingerprint density at radius 3 is 2.44 bits per heavy atom. The molecule has 3 aromatic carbocycles. The molecule has 0 atom stereocenters. The maximum Gasteiger partial charge on any atom is 0.267 e. The van der Waals surface area contributed by atoms with E-state index in [1.54, 1.807) is 30.3 Å². The summed E-state index contributed by atoms with van der Waals surface area (Å²) >= 11 is 0. The predicted molar refractivity (Wildman–Crippen MR) is 136 cm³/mol. The van der Waals surface area contributed by atoms with Gasteiger partial charge in [-0.3, -0.25) is 9.59 Å². The van der Waals surface area contributed by atoms with E-state index in [1.165, 1.54) is 16.3 Å². The molecule has 1 aromatic heterocycles. The molecule has 0 aliphatic heterocycles. The first-order valence-corrected chi connectivity index (χ1v) is 11.0. The molecule has 1 heterocycles. The minimum atomic E-state index is -0.251. The third-order valence-corrected chi connectivity index (χ3v) is 5.35. The van der Waals surface area contributed by atoms with Crippen LogP contribution in [0.4, 0.5) is 11.4 Å². The molecule has 0 spiro atoms. The Morgan fingerprint density at radius 1 is 0.941 bits per heavy atom. The number of nitrogen functional groups attached to an aromatic ring is 1. The highest BCUT2D eigenvalue weighted by atomic mass is 16.1. The molecule has 0 aliphatic rings. The summed E-state index contributed by atoms with van der Waals surface area (Å²) in [6.45, 7) is 1.13. The second kappa shape index (κ2) is 10.1. The molecule has 0 saturated heterocycles. The van der Waals surface area contributed by atoms with Crippen molar-refractivity contribution in [2.75, 3.05) is 25.1 Å². The fourth-order valence-corrected chi connectivity index (χ4v) is 3.65. The van der Waals surface area contributed by atoms with Crippen molar-refractivity contribution in [1.29, 1.82) is 0 Å². The normalized spacial score (nSPS) is 10.9. The number of nitrogens with one attached hydrogen (secondary N) is 1. The zero-order valence-electron chi connectivity index (χ0n) is 19.2. The van der Waals surface area contributed by atoms with E-state index in [4.69, 9.17) is 5.73 Å².